The third kappa shape index (κ3) is 5.58. The molecule has 0 saturated heterocycles. The highest BCUT2D eigenvalue weighted by Crippen LogP contribution is 2.27. The Labute approximate surface area is 99.0 Å². The van der Waals surface area contributed by atoms with Gasteiger partial charge in [-0.1, -0.05) is 25.7 Å². The number of aromatic nitrogens is 2. The van der Waals surface area contributed by atoms with Gasteiger partial charge in [0, 0.05) is 12.6 Å². The Kier molecular flexibility index (Phi) is 6.10. The van der Waals surface area contributed by atoms with E-state index in [0.717, 1.165) is 23.2 Å². The summed E-state index contributed by atoms with van der Waals surface area (Å²) in [6, 6.07) is 2.19. The molecule has 3 nitrogen and oxygen atoms in total. The zero-order chi connectivity index (χ0) is 10.9. The van der Waals surface area contributed by atoms with Crippen LogP contribution in [0, 0.1) is 17.2 Å². The van der Waals surface area contributed by atoms with Crippen LogP contribution in [-0.4, -0.2) is 10.2 Å². The standard InChI is InChI=1S/C8H13N.C3H3BrN2/c9-7-3-6-8-4-1-2-5-8;4-3-1-5-6-2-3/h8H,1-6H2;1-2H,(H,5,6). The normalized spacial score (nSPS) is 15.5. The average Bonchev–Trinajstić information content (AvgIpc) is 2.88. The second kappa shape index (κ2) is 7.47. The Hall–Kier alpha value is -0.820. The van der Waals surface area contributed by atoms with E-state index in [9.17, 15) is 0 Å². The molecule has 0 aromatic carbocycles. The van der Waals surface area contributed by atoms with Crippen molar-refractivity contribution >= 4 is 15.9 Å². The van der Waals surface area contributed by atoms with Crippen LogP contribution < -0.4 is 0 Å². The molecule has 1 aliphatic carbocycles. The predicted octanol–water partition coefficient (Wildman–Crippen LogP) is 3.65. The lowest BCUT2D eigenvalue weighted by molar-refractivity contribution is 0.511. The van der Waals surface area contributed by atoms with Crippen LogP contribution >= 0.6 is 15.9 Å². The number of aromatic amines is 1. The van der Waals surface area contributed by atoms with Crippen LogP contribution in [-0.2, 0) is 0 Å². The first kappa shape index (κ1) is 12.3. The number of H-pyrrole nitrogens is 1. The van der Waals surface area contributed by atoms with Crippen molar-refractivity contribution in [3.63, 3.8) is 0 Å². The van der Waals surface area contributed by atoms with Crippen LogP contribution in [0.5, 0.6) is 0 Å². The van der Waals surface area contributed by atoms with Crippen LogP contribution in [0.2, 0.25) is 0 Å². The predicted molar refractivity (Wildman–Crippen MR) is 63.1 cm³/mol. The highest BCUT2D eigenvalue weighted by atomic mass is 79.9. The van der Waals surface area contributed by atoms with Gasteiger partial charge in [0.2, 0.25) is 0 Å². The number of nitrogens with one attached hydrogen (secondary N) is 1. The van der Waals surface area contributed by atoms with Gasteiger partial charge in [0.25, 0.3) is 0 Å². The number of rotatable bonds is 2. The van der Waals surface area contributed by atoms with Gasteiger partial charge in [-0.25, -0.2) is 0 Å². The fourth-order valence-electron chi connectivity index (χ4n) is 1.80. The molecule has 1 saturated carbocycles. The van der Waals surface area contributed by atoms with E-state index in [4.69, 9.17) is 5.26 Å². The summed E-state index contributed by atoms with van der Waals surface area (Å²) in [4.78, 5) is 0. The minimum atomic E-state index is 0.769. The first-order valence-corrected chi connectivity index (χ1v) is 6.13. The molecular formula is C11H16BrN3. The molecule has 1 aromatic rings. The third-order valence-electron chi connectivity index (χ3n) is 2.60. The van der Waals surface area contributed by atoms with Gasteiger partial charge in [-0.3, -0.25) is 5.10 Å². The first-order chi connectivity index (χ1) is 7.33. The molecule has 4 heteroatoms. The van der Waals surface area contributed by atoms with E-state index in [2.05, 4.69) is 32.2 Å². The van der Waals surface area contributed by atoms with E-state index in [0.29, 0.717) is 0 Å². The van der Waals surface area contributed by atoms with E-state index in [1.807, 2.05) is 0 Å². The molecule has 0 radical (unpaired) electrons. The molecular weight excluding hydrogens is 254 g/mol. The molecule has 1 fully saturated rings. The molecule has 82 valence electrons. The minimum Gasteiger partial charge on any atom is -0.285 e. The van der Waals surface area contributed by atoms with E-state index < -0.39 is 0 Å². The molecule has 2 rings (SSSR count). The summed E-state index contributed by atoms with van der Waals surface area (Å²) in [7, 11) is 0. The molecule has 1 heterocycles. The van der Waals surface area contributed by atoms with Gasteiger partial charge < -0.3 is 0 Å². The Morgan fingerprint density at radius 2 is 2.27 bits per heavy atom. The van der Waals surface area contributed by atoms with Crippen LogP contribution in [0.25, 0.3) is 0 Å². The van der Waals surface area contributed by atoms with E-state index in [-0.39, 0.29) is 0 Å². The summed E-state index contributed by atoms with van der Waals surface area (Å²) in [6.45, 7) is 0. The fraction of sp³-hybridized carbons (Fsp3) is 0.636. The zero-order valence-corrected chi connectivity index (χ0v) is 10.3. The summed E-state index contributed by atoms with van der Waals surface area (Å²) in [6.07, 6.45) is 10.9. The van der Waals surface area contributed by atoms with Crippen molar-refractivity contribution in [3.05, 3.63) is 16.9 Å². The highest BCUT2D eigenvalue weighted by molar-refractivity contribution is 9.10. The maximum absolute atomic E-state index is 8.28. The van der Waals surface area contributed by atoms with Gasteiger partial charge in [-0.15, -0.1) is 0 Å². The third-order valence-corrected chi connectivity index (χ3v) is 3.04. The zero-order valence-electron chi connectivity index (χ0n) is 8.75. The number of hydrogen-bond donors (Lipinski definition) is 1. The average molecular weight is 270 g/mol. The van der Waals surface area contributed by atoms with Crippen molar-refractivity contribution in [2.24, 2.45) is 5.92 Å². The molecule has 0 unspecified atom stereocenters. The maximum Gasteiger partial charge on any atom is 0.0629 e. The molecule has 1 aromatic heterocycles. The van der Waals surface area contributed by atoms with Gasteiger partial charge in [0.15, 0.2) is 0 Å². The maximum atomic E-state index is 8.28. The molecule has 0 aliphatic heterocycles. The van der Waals surface area contributed by atoms with Gasteiger partial charge >= 0.3 is 0 Å². The molecule has 1 aliphatic rings. The summed E-state index contributed by atoms with van der Waals surface area (Å²) >= 11 is 3.19. The van der Waals surface area contributed by atoms with E-state index in [1.54, 1.807) is 12.4 Å². The largest absolute Gasteiger partial charge is 0.285 e. The Bertz CT molecular complexity index is 283. The lowest BCUT2D eigenvalue weighted by atomic mass is 10.0. The van der Waals surface area contributed by atoms with Crippen LogP contribution in [0.3, 0.4) is 0 Å². The lowest BCUT2D eigenvalue weighted by Gasteiger charge is -2.02. The molecule has 15 heavy (non-hydrogen) atoms. The number of nitriles is 1. The van der Waals surface area contributed by atoms with Crippen molar-refractivity contribution in [2.75, 3.05) is 0 Å². The molecule has 0 spiro atoms. The van der Waals surface area contributed by atoms with E-state index in [1.165, 1.54) is 25.7 Å². The van der Waals surface area contributed by atoms with Gasteiger partial charge in [0.05, 0.1) is 16.7 Å². The number of halogens is 1. The second-order valence-corrected chi connectivity index (χ2v) is 4.68. The van der Waals surface area contributed by atoms with Crippen LogP contribution in [0.4, 0.5) is 0 Å². The smallest absolute Gasteiger partial charge is 0.0629 e. The van der Waals surface area contributed by atoms with Crippen molar-refractivity contribution < 1.29 is 0 Å². The Balaban J connectivity index is 0.000000162. The monoisotopic (exact) mass is 269 g/mol. The van der Waals surface area contributed by atoms with Crippen molar-refractivity contribution in [1.29, 1.82) is 5.26 Å². The summed E-state index contributed by atoms with van der Waals surface area (Å²) < 4.78 is 0.988. The number of nitrogens with zero attached hydrogens (tertiary/aromatic N) is 2. The summed E-state index contributed by atoms with van der Waals surface area (Å²) in [5.41, 5.74) is 0. The molecule has 0 amide bonds. The molecule has 0 bridgehead atoms. The quantitative estimate of drug-likeness (QED) is 0.891. The topological polar surface area (TPSA) is 52.5 Å². The second-order valence-electron chi connectivity index (χ2n) is 3.76. The van der Waals surface area contributed by atoms with Crippen molar-refractivity contribution in [3.8, 4) is 6.07 Å². The minimum absolute atomic E-state index is 0.769. The fourth-order valence-corrected chi connectivity index (χ4v) is 2.01. The SMILES string of the molecule is Brc1cn[nH]c1.N#CCCC1CCCC1. The van der Waals surface area contributed by atoms with Gasteiger partial charge in [-0.05, 0) is 28.3 Å². The Morgan fingerprint density at radius 3 is 2.67 bits per heavy atom. The molecule has 1 N–H and O–H groups in total. The molecule has 0 atom stereocenters. The van der Waals surface area contributed by atoms with Crippen LogP contribution in [0.15, 0.2) is 16.9 Å². The highest BCUT2D eigenvalue weighted by Gasteiger charge is 2.13. The van der Waals surface area contributed by atoms with E-state index >= 15 is 0 Å². The summed E-state index contributed by atoms with van der Waals surface area (Å²) in [5.74, 6) is 0.893. The number of hydrogen-bond acceptors (Lipinski definition) is 2. The van der Waals surface area contributed by atoms with Crippen molar-refractivity contribution in [1.82, 2.24) is 10.2 Å². The lowest BCUT2D eigenvalue weighted by Crippen LogP contribution is -1.90. The Morgan fingerprint density at radius 1 is 1.53 bits per heavy atom. The van der Waals surface area contributed by atoms with Gasteiger partial charge in [-0.2, -0.15) is 10.4 Å². The summed E-state index contributed by atoms with van der Waals surface area (Å²) in [5, 5.41) is 14.6. The van der Waals surface area contributed by atoms with Crippen molar-refractivity contribution in [2.45, 2.75) is 38.5 Å². The van der Waals surface area contributed by atoms with Gasteiger partial charge in [0.1, 0.15) is 0 Å². The van der Waals surface area contributed by atoms with Crippen LogP contribution in [0.1, 0.15) is 38.5 Å². The first-order valence-electron chi connectivity index (χ1n) is 5.34.